The zero-order valence-electron chi connectivity index (χ0n) is 13.1. The second-order valence-corrected chi connectivity index (χ2v) is 6.36. The summed E-state index contributed by atoms with van der Waals surface area (Å²) in [7, 11) is 0. The number of amides is 1. The van der Waals surface area contributed by atoms with Crippen molar-refractivity contribution in [1.82, 2.24) is 14.7 Å². The van der Waals surface area contributed by atoms with E-state index in [9.17, 15) is 14.7 Å². The van der Waals surface area contributed by atoms with Gasteiger partial charge in [0.1, 0.15) is 0 Å². The molecule has 0 radical (unpaired) electrons. The molecule has 1 saturated heterocycles. The molecule has 0 bridgehead atoms. The first kappa shape index (κ1) is 15.5. The second kappa shape index (κ2) is 5.50. The Morgan fingerprint density at radius 2 is 2.14 bits per heavy atom. The molecule has 21 heavy (non-hydrogen) atoms. The fraction of sp³-hybridized carbons (Fsp3) is 0.667. The summed E-state index contributed by atoms with van der Waals surface area (Å²) in [6.07, 6.45) is 0.861. The first-order chi connectivity index (χ1) is 9.73. The second-order valence-electron chi connectivity index (χ2n) is 6.36. The number of aryl methyl sites for hydroxylation is 2. The number of carboxylic acids is 1. The zero-order valence-corrected chi connectivity index (χ0v) is 13.1. The highest BCUT2D eigenvalue weighted by atomic mass is 16.4. The Bertz CT molecular complexity index is 567. The van der Waals surface area contributed by atoms with Gasteiger partial charge in [-0.25, -0.2) is 0 Å². The molecule has 2 unspecified atom stereocenters. The largest absolute Gasteiger partial charge is 0.481 e. The molecule has 1 aliphatic heterocycles. The van der Waals surface area contributed by atoms with Gasteiger partial charge in [0.25, 0.3) is 0 Å². The normalized spacial score (nSPS) is 23.3. The summed E-state index contributed by atoms with van der Waals surface area (Å²) >= 11 is 0. The Balaban J connectivity index is 1.99. The summed E-state index contributed by atoms with van der Waals surface area (Å²) in [5, 5.41) is 13.6. The van der Waals surface area contributed by atoms with Crippen LogP contribution in [0.15, 0.2) is 6.07 Å². The fourth-order valence-corrected chi connectivity index (χ4v) is 2.91. The van der Waals surface area contributed by atoms with Gasteiger partial charge in [0.15, 0.2) is 0 Å². The standard InChI is InChI=1S/C15H23N3O3/c1-10-7-11(2)18(16-10)12(3)8-13(19)17-6-5-15(4,9-17)14(20)21/h7,12H,5-6,8-9H2,1-4H3,(H,20,21). The van der Waals surface area contributed by atoms with E-state index in [0.29, 0.717) is 25.9 Å². The topological polar surface area (TPSA) is 75.4 Å². The van der Waals surface area contributed by atoms with Crippen LogP contribution in [0.3, 0.4) is 0 Å². The minimum absolute atomic E-state index is 0.0000260. The Morgan fingerprint density at radius 1 is 1.48 bits per heavy atom. The predicted molar refractivity (Wildman–Crippen MR) is 78.0 cm³/mol. The van der Waals surface area contributed by atoms with Crippen LogP contribution in [0, 0.1) is 19.3 Å². The van der Waals surface area contributed by atoms with E-state index in [-0.39, 0.29) is 11.9 Å². The van der Waals surface area contributed by atoms with Crippen molar-refractivity contribution in [2.75, 3.05) is 13.1 Å². The third kappa shape index (κ3) is 3.09. The average Bonchev–Trinajstić information content (AvgIpc) is 2.93. The first-order valence-corrected chi connectivity index (χ1v) is 7.27. The molecular formula is C15H23N3O3. The molecular weight excluding hydrogens is 270 g/mol. The fourth-order valence-electron chi connectivity index (χ4n) is 2.91. The molecule has 2 atom stereocenters. The van der Waals surface area contributed by atoms with Gasteiger partial charge in [-0.15, -0.1) is 0 Å². The number of carboxylic acid groups (broad SMARTS) is 1. The van der Waals surface area contributed by atoms with E-state index in [1.165, 1.54) is 0 Å². The number of hydrogen-bond donors (Lipinski definition) is 1. The Labute approximate surface area is 124 Å². The molecule has 2 heterocycles. The Kier molecular flexibility index (Phi) is 4.07. The van der Waals surface area contributed by atoms with Crippen molar-refractivity contribution in [2.24, 2.45) is 5.41 Å². The quantitative estimate of drug-likeness (QED) is 0.918. The monoisotopic (exact) mass is 293 g/mol. The molecule has 116 valence electrons. The minimum atomic E-state index is -0.829. The molecule has 0 spiro atoms. The van der Waals surface area contributed by atoms with E-state index in [0.717, 1.165) is 11.4 Å². The summed E-state index contributed by atoms with van der Waals surface area (Å²) in [4.78, 5) is 25.2. The van der Waals surface area contributed by atoms with E-state index < -0.39 is 11.4 Å². The van der Waals surface area contributed by atoms with Gasteiger partial charge in [-0.3, -0.25) is 14.3 Å². The SMILES string of the molecule is Cc1cc(C)n(C(C)CC(=O)N2CCC(C)(C(=O)O)C2)n1. The van der Waals surface area contributed by atoms with Gasteiger partial charge in [-0.05, 0) is 40.2 Å². The zero-order chi connectivity index (χ0) is 15.8. The smallest absolute Gasteiger partial charge is 0.311 e. The number of aromatic nitrogens is 2. The number of carbonyl (C=O) groups excluding carboxylic acids is 1. The van der Waals surface area contributed by atoms with Gasteiger partial charge in [0.2, 0.25) is 5.91 Å². The average molecular weight is 293 g/mol. The Morgan fingerprint density at radius 3 is 2.62 bits per heavy atom. The number of nitrogens with zero attached hydrogens (tertiary/aromatic N) is 3. The molecule has 6 heteroatoms. The van der Waals surface area contributed by atoms with Crippen molar-refractivity contribution in [3.63, 3.8) is 0 Å². The minimum Gasteiger partial charge on any atom is -0.481 e. The van der Waals surface area contributed by atoms with E-state index in [2.05, 4.69) is 5.10 Å². The molecule has 1 aliphatic rings. The van der Waals surface area contributed by atoms with Crippen molar-refractivity contribution in [2.45, 2.75) is 46.6 Å². The molecule has 0 aliphatic carbocycles. The third-order valence-electron chi connectivity index (χ3n) is 4.27. The molecule has 1 amide bonds. The van der Waals surface area contributed by atoms with Gasteiger partial charge in [-0.2, -0.15) is 5.10 Å². The van der Waals surface area contributed by atoms with Crippen LogP contribution in [0.2, 0.25) is 0 Å². The molecule has 2 rings (SSSR count). The predicted octanol–water partition coefficient (Wildman–Crippen LogP) is 1.77. The molecule has 0 saturated carbocycles. The third-order valence-corrected chi connectivity index (χ3v) is 4.27. The van der Waals surface area contributed by atoms with Crippen LogP contribution in [0.1, 0.15) is 44.1 Å². The molecule has 0 aromatic carbocycles. The van der Waals surface area contributed by atoms with Crippen LogP contribution in [-0.4, -0.2) is 44.8 Å². The molecule has 1 fully saturated rings. The summed E-state index contributed by atoms with van der Waals surface area (Å²) in [6.45, 7) is 8.38. The molecule has 1 aromatic rings. The maximum absolute atomic E-state index is 12.3. The van der Waals surface area contributed by atoms with Gasteiger partial charge < -0.3 is 10.0 Å². The van der Waals surface area contributed by atoms with E-state index >= 15 is 0 Å². The number of aliphatic carboxylic acids is 1. The van der Waals surface area contributed by atoms with Crippen molar-refractivity contribution in [1.29, 1.82) is 0 Å². The van der Waals surface area contributed by atoms with Crippen molar-refractivity contribution < 1.29 is 14.7 Å². The van der Waals surface area contributed by atoms with E-state index in [1.54, 1.807) is 11.8 Å². The van der Waals surface area contributed by atoms with Crippen molar-refractivity contribution in [3.05, 3.63) is 17.5 Å². The van der Waals surface area contributed by atoms with Crippen LogP contribution in [0.5, 0.6) is 0 Å². The lowest BCUT2D eigenvalue weighted by molar-refractivity contribution is -0.147. The lowest BCUT2D eigenvalue weighted by Crippen LogP contribution is -2.35. The number of rotatable bonds is 4. The summed E-state index contributed by atoms with van der Waals surface area (Å²) in [6, 6.07) is 1.96. The number of hydrogen-bond acceptors (Lipinski definition) is 3. The van der Waals surface area contributed by atoms with E-state index in [4.69, 9.17) is 0 Å². The first-order valence-electron chi connectivity index (χ1n) is 7.27. The summed E-state index contributed by atoms with van der Waals surface area (Å²) in [5.41, 5.74) is 1.16. The maximum atomic E-state index is 12.3. The molecule has 1 aromatic heterocycles. The maximum Gasteiger partial charge on any atom is 0.311 e. The van der Waals surface area contributed by atoms with Crippen LogP contribution in [0.25, 0.3) is 0 Å². The lowest BCUT2D eigenvalue weighted by atomic mass is 9.90. The van der Waals surface area contributed by atoms with Gasteiger partial charge in [0.05, 0.1) is 17.2 Å². The lowest BCUT2D eigenvalue weighted by Gasteiger charge is -2.22. The highest BCUT2D eigenvalue weighted by Gasteiger charge is 2.42. The Hall–Kier alpha value is -1.85. The number of likely N-dealkylation sites (tertiary alicyclic amines) is 1. The van der Waals surface area contributed by atoms with Gasteiger partial charge in [0, 0.05) is 25.2 Å². The van der Waals surface area contributed by atoms with Gasteiger partial charge in [-0.1, -0.05) is 0 Å². The summed E-state index contributed by atoms with van der Waals surface area (Å²) in [5.74, 6) is -0.829. The van der Waals surface area contributed by atoms with Crippen LogP contribution in [-0.2, 0) is 9.59 Å². The molecule has 1 N–H and O–H groups in total. The highest BCUT2D eigenvalue weighted by Crippen LogP contribution is 2.31. The highest BCUT2D eigenvalue weighted by molar-refractivity contribution is 5.80. The molecule has 6 nitrogen and oxygen atoms in total. The van der Waals surface area contributed by atoms with Crippen molar-refractivity contribution in [3.8, 4) is 0 Å². The summed E-state index contributed by atoms with van der Waals surface area (Å²) < 4.78 is 1.86. The van der Waals surface area contributed by atoms with Crippen LogP contribution >= 0.6 is 0 Å². The van der Waals surface area contributed by atoms with Crippen molar-refractivity contribution >= 4 is 11.9 Å². The van der Waals surface area contributed by atoms with Gasteiger partial charge >= 0.3 is 5.97 Å². The van der Waals surface area contributed by atoms with Crippen LogP contribution in [0.4, 0.5) is 0 Å². The van der Waals surface area contributed by atoms with E-state index in [1.807, 2.05) is 31.5 Å². The van der Waals surface area contributed by atoms with Crippen LogP contribution < -0.4 is 0 Å². The number of carbonyl (C=O) groups is 2.